The van der Waals surface area contributed by atoms with E-state index in [1.54, 1.807) is 34.6 Å². The van der Waals surface area contributed by atoms with Gasteiger partial charge in [-0.05, 0) is 119 Å². The summed E-state index contributed by atoms with van der Waals surface area (Å²) in [5, 5.41) is 11.3. The number of carbonyl (C=O) groups excluding carboxylic acids is 11. The van der Waals surface area contributed by atoms with Crippen LogP contribution in [0.4, 0.5) is 0 Å². The summed E-state index contributed by atoms with van der Waals surface area (Å²) in [4.78, 5) is 171. The molecule has 91 heavy (non-hydrogen) atoms. The van der Waals surface area contributed by atoms with Gasteiger partial charge in [0.2, 0.25) is 65.0 Å². The van der Waals surface area contributed by atoms with Gasteiger partial charge >= 0.3 is 0 Å². The standard InChI is InChI=1S/C69H119N11O11/c1-26-51-65(87)74(19)38-56(81)75(20)52(33-39(2)3)62(84)73-57(43(10)11)68(90)76(21)53(34-40(4)5)61(83)70-48(17)60(82)71-49(18)64(86)77(22)54(35-41(6)7)66(88)78(23)55(36-42(8)9)67(89)79(24)58(44(12)13)69(91)80(25)59(63(85)72-51)47(16)46(15)30-28-32-50-31-27-29-45(14)37-50/h27,29,31,37,39-44,46-49,51-55,57-59H,26,28,30,32-36,38H2,1-25H3,(H,70,83)(H,71,82)(H,72,85)(H,73,84)/t46-,47-,48+,49-,51+,52+,53+,54+,55+,57+,58+,59+/m1/s1. The molecular formula is C69H119N11O11. The van der Waals surface area contributed by atoms with E-state index < -0.39 is 150 Å². The molecule has 1 aromatic rings. The van der Waals surface area contributed by atoms with Crippen LogP contribution in [0.1, 0.15) is 174 Å². The van der Waals surface area contributed by atoms with Crippen LogP contribution >= 0.6 is 0 Å². The average Bonchev–Trinajstić information content (AvgIpc) is 0.888. The van der Waals surface area contributed by atoms with E-state index >= 15 is 19.2 Å². The molecule has 0 spiro atoms. The normalized spacial score (nSPS) is 25.8. The zero-order valence-electron chi connectivity index (χ0n) is 60.2. The third-order valence-corrected chi connectivity index (χ3v) is 18.0. The van der Waals surface area contributed by atoms with Crippen LogP contribution in [0.2, 0.25) is 0 Å². The molecule has 4 N–H and O–H groups in total. The van der Waals surface area contributed by atoms with Crippen molar-refractivity contribution in [2.45, 2.75) is 236 Å². The Kier molecular flexibility index (Phi) is 32.4. The zero-order chi connectivity index (χ0) is 70.0. The molecule has 2 rings (SSSR count). The number of hydrogen-bond acceptors (Lipinski definition) is 11. The summed E-state index contributed by atoms with van der Waals surface area (Å²) in [6, 6.07) is -3.28. The van der Waals surface area contributed by atoms with Crippen molar-refractivity contribution in [3.05, 3.63) is 35.4 Å². The number of nitrogens with zero attached hydrogens (tertiary/aromatic N) is 7. The summed E-state index contributed by atoms with van der Waals surface area (Å²) in [5.74, 6) is -8.85. The first kappa shape index (κ1) is 80.5. The lowest BCUT2D eigenvalue weighted by Crippen LogP contribution is -2.62. The van der Waals surface area contributed by atoms with Crippen molar-refractivity contribution in [2.75, 3.05) is 55.9 Å². The second-order valence-electron chi connectivity index (χ2n) is 28.5. The average molecular weight is 1280 g/mol. The van der Waals surface area contributed by atoms with Gasteiger partial charge in [0.15, 0.2) is 0 Å². The number of amides is 11. The summed E-state index contributed by atoms with van der Waals surface area (Å²) >= 11 is 0. The third kappa shape index (κ3) is 22.9. The summed E-state index contributed by atoms with van der Waals surface area (Å²) in [6.45, 7) is 32.3. The molecule has 0 bridgehead atoms. The van der Waals surface area contributed by atoms with Gasteiger partial charge in [0.25, 0.3) is 0 Å². The van der Waals surface area contributed by atoms with E-state index in [0.29, 0.717) is 6.42 Å². The van der Waals surface area contributed by atoms with E-state index in [2.05, 4.69) is 33.4 Å². The maximum Gasteiger partial charge on any atom is 0.246 e. The minimum absolute atomic E-state index is 0.102. The number of carbonyl (C=O) groups is 11. The minimum atomic E-state index is -1.22. The van der Waals surface area contributed by atoms with Crippen LogP contribution in [0, 0.1) is 54.3 Å². The second kappa shape index (κ2) is 36.6. The lowest BCUT2D eigenvalue weighted by Gasteiger charge is -2.42. The highest BCUT2D eigenvalue weighted by atomic mass is 16.2. The van der Waals surface area contributed by atoms with E-state index in [0.717, 1.165) is 18.4 Å². The molecule has 0 aromatic heterocycles. The van der Waals surface area contributed by atoms with E-state index in [4.69, 9.17) is 0 Å². The van der Waals surface area contributed by atoms with Gasteiger partial charge in [-0.2, -0.15) is 0 Å². The van der Waals surface area contributed by atoms with Crippen molar-refractivity contribution >= 4 is 65.0 Å². The Balaban J connectivity index is 2.98. The molecule has 0 radical (unpaired) electrons. The highest BCUT2D eigenvalue weighted by Crippen LogP contribution is 2.29. The Bertz CT molecular complexity index is 2640. The van der Waals surface area contributed by atoms with E-state index in [1.807, 2.05) is 88.3 Å². The molecule has 0 saturated carbocycles. The number of likely N-dealkylation sites (N-methyl/N-ethyl adjacent to an activating group) is 7. The summed E-state index contributed by atoms with van der Waals surface area (Å²) in [6.07, 6.45) is 3.06. The van der Waals surface area contributed by atoms with E-state index in [-0.39, 0.29) is 61.7 Å². The lowest BCUT2D eigenvalue weighted by atomic mass is 9.83. The van der Waals surface area contributed by atoms with Crippen molar-refractivity contribution in [1.82, 2.24) is 55.6 Å². The zero-order valence-corrected chi connectivity index (χ0v) is 60.2. The van der Waals surface area contributed by atoms with Gasteiger partial charge in [0, 0.05) is 49.3 Å². The summed E-state index contributed by atoms with van der Waals surface area (Å²) < 4.78 is 0. The largest absolute Gasteiger partial charge is 0.343 e. The first-order valence-electron chi connectivity index (χ1n) is 33.2. The smallest absolute Gasteiger partial charge is 0.246 e. The maximum atomic E-state index is 15.5. The van der Waals surface area contributed by atoms with Gasteiger partial charge in [0.1, 0.15) is 60.4 Å². The van der Waals surface area contributed by atoms with E-state index in [1.165, 1.54) is 103 Å². The lowest BCUT2D eigenvalue weighted by molar-refractivity contribution is -0.156. The van der Waals surface area contributed by atoms with Crippen LogP contribution < -0.4 is 21.3 Å². The Hall–Kier alpha value is -6.61. The molecule has 1 saturated heterocycles. The van der Waals surface area contributed by atoms with Gasteiger partial charge in [-0.1, -0.05) is 140 Å². The molecule has 0 unspecified atom stereocenters. The first-order chi connectivity index (χ1) is 42.1. The number of benzene rings is 1. The molecule has 0 aliphatic carbocycles. The number of rotatable bonds is 17. The maximum absolute atomic E-state index is 15.5. The van der Waals surface area contributed by atoms with Crippen LogP contribution in [0.15, 0.2) is 24.3 Å². The summed E-state index contributed by atoms with van der Waals surface area (Å²) in [7, 11) is 10.4. The molecule has 516 valence electrons. The fraction of sp³-hybridized carbons (Fsp3) is 0.754. The molecule has 1 aliphatic rings. The van der Waals surface area contributed by atoms with Crippen molar-refractivity contribution in [3.8, 4) is 0 Å². The van der Waals surface area contributed by atoms with Gasteiger partial charge in [-0.25, -0.2) is 0 Å². The molecule has 22 heteroatoms. The molecule has 1 fully saturated rings. The topological polar surface area (TPSA) is 259 Å². The highest BCUT2D eigenvalue weighted by Gasteiger charge is 2.45. The predicted molar refractivity (Wildman–Crippen MR) is 356 cm³/mol. The summed E-state index contributed by atoms with van der Waals surface area (Å²) in [5.41, 5.74) is 2.32. The Morgan fingerprint density at radius 3 is 1.40 bits per heavy atom. The fourth-order valence-corrected chi connectivity index (χ4v) is 12.2. The highest BCUT2D eigenvalue weighted by molar-refractivity contribution is 5.99. The van der Waals surface area contributed by atoms with Gasteiger partial charge in [-0.3, -0.25) is 52.7 Å². The van der Waals surface area contributed by atoms with Crippen molar-refractivity contribution in [3.63, 3.8) is 0 Å². The molecule has 1 aromatic carbocycles. The van der Waals surface area contributed by atoms with Crippen molar-refractivity contribution in [1.29, 1.82) is 0 Å². The predicted octanol–water partition coefficient (Wildman–Crippen LogP) is 5.91. The molecule has 12 atom stereocenters. The number of aryl methyl sites for hydroxylation is 2. The van der Waals surface area contributed by atoms with Crippen LogP contribution in [0.25, 0.3) is 0 Å². The van der Waals surface area contributed by atoms with Crippen LogP contribution in [-0.2, 0) is 59.2 Å². The number of nitrogens with one attached hydrogen (secondary N) is 4. The molecule has 1 aliphatic heterocycles. The van der Waals surface area contributed by atoms with Gasteiger partial charge < -0.3 is 55.6 Å². The minimum Gasteiger partial charge on any atom is -0.343 e. The molecule has 22 nitrogen and oxygen atoms in total. The third-order valence-electron chi connectivity index (χ3n) is 18.0. The van der Waals surface area contributed by atoms with Gasteiger partial charge in [0.05, 0.1) is 6.54 Å². The Morgan fingerprint density at radius 1 is 0.462 bits per heavy atom. The fourth-order valence-electron chi connectivity index (χ4n) is 12.2. The molecule has 11 amide bonds. The van der Waals surface area contributed by atoms with Crippen molar-refractivity contribution in [2.24, 2.45) is 47.3 Å². The molecule has 1 heterocycles. The quantitative estimate of drug-likeness (QED) is 0.143. The van der Waals surface area contributed by atoms with Gasteiger partial charge in [-0.15, -0.1) is 0 Å². The first-order valence-corrected chi connectivity index (χ1v) is 33.2. The Morgan fingerprint density at radius 2 is 0.912 bits per heavy atom. The van der Waals surface area contributed by atoms with Crippen LogP contribution in [0.3, 0.4) is 0 Å². The van der Waals surface area contributed by atoms with E-state index in [9.17, 15) is 33.6 Å². The molecular weight excluding hydrogens is 1160 g/mol. The number of hydrogen-bond donors (Lipinski definition) is 4. The monoisotopic (exact) mass is 1280 g/mol. The van der Waals surface area contributed by atoms with Crippen molar-refractivity contribution < 1.29 is 52.7 Å². The van der Waals surface area contributed by atoms with Crippen LogP contribution in [-0.4, -0.2) is 216 Å². The SMILES string of the molecule is CC[C@@H]1NC(=O)[C@H]([C@H](C)[C@H](C)CCCc2cccc(C)c2)N(C)C(=O)[C@H](C(C)C)N(C)C(=O)[C@H](CC(C)C)N(C)C(=O)[C@H](CC(C)C)N(C)C(=O)[C@@H](C)NC(=O)[C@H](C)NC(=O)[C@H](CC(C)C)N(C)C(=O)[C@H](C(C)C)NC(=O)[C@H](CC(C)C)N(C)C(=O)CN(C)C1=O. The second-order valence-corrected chi connectivity index (χ2v) is 28.5. The Labute approximate surface area is 546 Å². The van der Waals surface area contributed by atoms with Crippen LogP contribution in [0.5, 0.6) is 0 Å².